The van der Waals surface area contributed by atoms with Crippen LogP contribution in [-0.2, 0) is 20.6 Å². The smallest absolute Gasteiger partial charge is 0.352 e. The van der Waals surface area contributed by atoms with Crippen LogP contribution in [0.1, 0.15) is 59.8 Å². The summed E-state index contributed by atoms with van der Waals surface area (Å²) in [6, 6.07) is 9.13. The summed E-state index contributed by atoms with van der Waals surface area (Å²) in [5, 5.41) is 10.9. The molecule has 206 valence electrons. The quantitative estimate of drug-likeness (QED) is 0.483. The number of esters is 1. The zero-order chi connectivity index (χ0) is 27.5. The summed E-state index contributed by atoms with van der Waals surface area (Å²) in [7, 11) is 0. The second kappa shape index (κ2) is 7.74. The largest absolute Gasteiger partial charge is 0.463 e. The Bertz CT molecular complexity index is 1550. The van der Waals surface area contributed by atoms with Gasteiger partial charge >= 0.3 is 17.3 Å². The molecule has 1 aromatic carbocycles. The van der Waals surface area contributed by atoms with Crippen LogP contribution in [0, 0.1) is 28.6 Å². The molecule has 0 radical (unpaired) electrons. The topological polar surface area (TPSA) is 95.5 Å². The van der Waals surface area contributed by atoms with Crippen molar-refractivity contribution < 1.29 is 14.6 Å². The molecule has 8 heteroatoms. The Hall–Kier alpha value is -3.13. The number of para-hydroxylation sites is 1. The van der Waals surface area contributed by atoms with Gasteiger partial charge in [0.25, 0.3) is 0 Å². The second-order valence-corrected chi connectivity index (χ2v) is 13.1. The minimum Gasteiger partial charge on any atom is -0.463 e. The van der Waals surface area contributed by atoms with Gasteiger partial charge in [-0.15, -0.1) is 0 Å². The fourth-order valence-electron chi connectivity index (χ4n) is 10.1. The average molecular weight is 532 g/mol. The van der Waals surface area contributed by atoms with E-state index < -0.39 is 22.6 Å². The molecule has 4 aliphatic carbocycles. The summed E-state index contributed by atoms with van der Waals surface area (Å²) >= 11 is 0. The lowest BCUT2D eigenvalue weighted by Crippen LogP contribution is -2.75. The van der Waals surface area contributed by atoms with Gasteiger partial charge in [0.05, 0.1) is 22.9 Å². The first kappa shape index (κ1) is 24.9. The summed E-state index contributed by atoms with van der Waals surface area (Å²) in [5.74, 6) is 0.0360. The van der Waals surface area contributed by atoms with Crippen molar-refractivity contribution in [1.29, 1.82) is 0 Å². The van der Waals surface area contributed by atoms with Crippen molar-refractivity contribution in [2.45, 2.75) is 83.1 Å². The molecular weight excluding hydrogens is 494 g/mol. The number of hydrogen-bond acceptors (Lipinski definition) is 5. The molecule has 0 amide bonds. The number of aliphatic hydroxyl groups excluding tert-OH is 1. The number of rotatable bonds is 3. The number of benzene rings is 1. The Morgan fingerprint density at radius 2 is 1.72 bits per heavy atom. The lowest BCUT2D eigenvalue weighted by atomic mass is 9.41. The van der Waals surface area contributed by atoms with Crippen molar-refractivity contribution in [3.05, 3.63) is 75.6 Å². The molecule has 2 aliphatic heterocycles. The predicted octanol–water partition coefficient (Wildman–Crippen LogP) is 3.50. The second-order valence-electron chi connectivity index (χ2n) is 13.1. The molecule has 0 saturated heterocycles. The maximum atomic E-state index is 14.5. The summed E-state index contributed by atoms with van der Waals surface area (Å²) in [6.07, 6.45) is 11.4. The highest BCUT2D eigenvalue weighted by molar-refractivity contribution is 5.66. The maximum absolute atomic E-state index is 14.5. The van der Waals surface area contributed by atoms with Gasteiger partial charge in [0.1, 0.15) is 6.10 Å². The Morgan fingerprint density at radius 1 is 1.00 bits per heavy atom. The van der Waals surface area contributed by atoms with Crippen LogP contribution in [0.5, 0.6) is 0 Å². The highest BCUT2D eigenvalue weighted by Crippen LogP contribution is 2.72. The van der Waals surface area contributed by atoms with Gasteiger partial charge in [-0.1, -0.05) is 56.4 Å². The molecule has 2 bridgehead atoms. The van der Waals surface area contributed by atoms with Crippen LogP contribution in [-0.4, -0.2) is 37.2 Å². The number of aromatic nitrogens is 3. The van der Waals surface area contributed by atoms with Crippen molar-refractivity contribution in [2.24, 2.45) is 28.6 Å². The van der Waals surface area contributed by atoms with Gasteiger partial charge in [0, 0.05) is 24.7 Å². The van der Waals surface area contributed by atoms with E-state index in [2.05, 4.69) is 32.1 Å². The lowest BCUT2D eigenvalue weighted by molar-refractivity contribution is -0.174. The molecule has 1 N–H and O–H groups in total. The number of aliphatic hydroxyl groups is 1. The van der Waals surface area contributed by atoms with Crippen LogP contribution in [0.25, 0.3) is 5.69 Å². The third-order valence-corrected chi connectivity index (χ3v) is 11.6. The number of hydrogen-bond donors (Lipinski definition) is 1. The Labute approximate surface area is 227 Å². The van der Waals surface area contributed by atoms with Gasteiger partial charge in [-0.25, -0.2) is 23.5 Å². The van der Waals surface area contributed by atoms with Gasteiger partial charge < -0.3 is 9.84 Å². The van der Waals surface area contributed by atoms with Gasteiger partial charge in [0.15, 0.2) is 0 Å². The van der Waals surface area contributed by atoms with Crippen molar-refractivity contribution >= 4 is 5.97 Å². The molecule has 1 aromatic heterocycles. The summed E-state index contributed by atoms with van der Waals surface area (Å²) < 4.78 is 10.5. The van der Waals surface area contributed by atoms with E-state index in [1.54, 1.807) is 21.5 Å². The maximum Gasteiger partial charge on any atom is 0.352 e. The third-order valence-electron chi connectivity index (χ3n) is 11.6. The van der Waals surface area contributed by atoms with Crippen molar-refractivity contribution in [3.63, 3.8) is 0 Å². The van der Waals surface area contributed by atoms with Crippen LogP contribution in [0.4, 0.5) is 0 Å². The van der Waals surface area contributed by atoms with E-state index in [-0.39, 0.29) is 46.6 Å². The first-order valence-corrected chi connectivity index (χ1v) is 14.3. The summed E-state index contributed by atoms with van der Waals surface area (Å²) in [4.78, 5) is 40.8. The zero-order valence-electron chi connectivity index (χ0n) is 23.0. The van der Waals surface area contributed by atoms with Crippen molar-refractivity contribution in [2.75, 3.05) is 0 Å². The molecule has 2 spiro atoms. The summed E-state index contributed by atoms with van der Waals surface area (Å²) in [5.41, 5.74) is -2.34. The van der Waals surface area contributed by atoms with Crippen molar-refractivity contribution in [1.82, 2.24) is 13.9 Å². The molecule has 8 nitrogen and oxygen atoms in total. The molecule has 2 aromatic rings. The molecule has 39 heavy (non-hydrogen) atoms. The van der Waals surface area contributed by atoms with E-state index in [0.29, 0.717) is 12.1 Å². The van der Waals surface area contributed by atoms with Gasteiger partial charge in [-0.3, -0.25) is 4.79 Å². The van der Waals surface area contributed by atoms with Gasteiger partial charge in [0.2, 0.25) is 0 Å². The minimum absolute atomic E-state index is 0.0725. The van der Waals surface area contributed by atoms with E-state index >= 15 is 0 Å². The fraction of sp³-hybridized carbons (Fsp3) is 0.581. The molecular formula is C31H37N3O5. The standard InChI is InChI=1S/C31H37N3O5/c1-19(39-20(2)35)23-10-11-24-28(23,3)14-13-25-29(4)15-12-22(36)18-30(29)16-17-31(24,25)34-27(38)32(26(37)33(30)34)21-8-6-5-7-9-21/h5-9,12,15-17,19,22-25,36H,10-11,13-14,18H2,1-4H3/t19-,22-,23+,24+,25+,28+,29+,30+,31-/m0/s1. The SMILES string of the molecule is CC(=O)O[C@@H](C)[C@H]1CC[C@@H]2[C@]1(C)CC[C@H]1[C@]23C=C[C@]2(C[C@@H](O)C=C[C@]12C)n1c(=O)n(-c2ccccc2)c(=O)n13. The molecule has 8 rings (SSSR count). The van der Waals surface area contributed by atoms with E-state index in [1.165, 1.54) is 11.5 Å². The fourth-order valence-corrected chi connectivity index (χ4v) is 10.1. The van der Waals surface area contributed by atoms with Crippen LogP contribution in [0.3, 0.4) is 0 Å². The Balaban J connectivity index is 1.52. The lowest BCUT2D eigenvalue weighted by Gasteiger charge is -2.70. The first-order chi connectivity index (χ1) is 18.5. The van der Waals surface area contributed by atoms with Crippen LogP contribution < -0.4 is 11.4 Å². The molecule has 9 atom stereocenters. The number of carbonyl (C=O) groups is 1. The number of nitrogens with zero attached hydrogens (tertiary/aromatic N) is 3. The van der Waals surface area contributed by atoms with Gasteiger partial charge in [-0.2, -0.15) is 0 Å². The van der Waals surface area contributed by atoms with E-state index in [0.717, 1.165) is 25.7 Å². The number of carbonyl (C=O) groups excluding carboxylic acids is 1. The van der Waals surface area contributed by atoms with Crippen LogP contribution in [0.15, 0.2) is 64.2 Å². The van der Waals surface area contributed by atoms with Crippen molar-refractivity contribution in [3.8, 4) is 5.69 Å². The van der Waals surface area contributed by atoms with E-state index in [1.807, 2.05) is 31.2 Å². The Kier molecular flexibility index (Phi) is 4.94. The average Bonchev–Trinajstić information content (AvgIpc) is 3.39. The summed E-state index contributed by atoms with van der Waals surface area (Å²) in [6.45, 7) is 7.97. The normalized spacial score (nSPS) is 41.9. The van der Waals surface area contributed by atoms with E-state index in [4.69, 9.17) is 4.74 Å². The molecule has 0 unspecified atom stereocenters. The molecule has 2 fully saturated rings. The number of fused-ring (bicyclic) bond motifs is 1. The molecule has 2 saturated carbocycles. The number of ether oxygens (including phenoxy) is 1. The third kappa shape index (κ3) is 2.76. The first-order valence-electron chi connectivity index (χ1n) is 14.3. The minimum atomic E-state index is -0.847. The highest BCUT2D eigenvalue weighted by atomic mass is 16.5. The molecule has 3 heterocycles. The van der Waals surface area contributed by atoms with Gasteiger partial charge in [-0.05, 0) is 62.0 Å². The predicted molar refractivity (Wildman–Crippen MR) is 146 cm³/mol. The monoisotopic (exact) mass is 531 g/mol. The van der Waals surface area contributed by atoms with Crippen LogP contribution >= 0.6 is 0 Å². The zero-order valence-corrected chi connectivity index (χ0v) is 23.0. The van der Waals surface area contributed by atoms with Crippen LogP contribution in [0.2, 0.25) is 0 Å². The Morgan fingerprint density at radius 3 is 2.44 bits per heavy atom. The van der Waals surface area contributed by atoms with E-state index in [9.17, 15) is 19.5 Å². The molecule has 6 aliphatic rings. The number of allylic oxidation sites excluding steroid dienone is 3. The highest BCUT2D eigenvalue weighted by Gasteiger charge is 2.74.